The number of halogens is 4. The summed E-state index contributed by atoms with van der Waals surface area (Å²) < 4.78 is 81.6. The smallest absolute Gasteiger partial charge is 0.411 e. The van der Waals surface area contributed by atoms with Crippen LogP contribution >= 0.6 is 11.6 Å². The van der Waals surface area contributed by atoms with E-state index in [0.717, 1.165) is 30.4 Å². The number of anilines is 1. The van der Waals surface area contributed by atoms with Gasteiger partial charge in [0.05, 0.1) is 24.2 Å². The molecule has 8 nitrogen and oxygen atoms in total. The lowest BCUT2D eigenvalue weighted by Gasteiger charge is -2.50. The van der Waals surface area contributed by atoms with Crippen molar-refractivity contribution >= 4 is 33.2 Å². The van der Waals surface area contributed by atoms with E-state index in [1.165, 1.54) is 13.0 Å². The normalized spacial score (nSPS) is 32.6. The molecule has 2 aliphatic heterocycles. The Labute approximate surface area is 284 Å². The molecule has 262 valence electrons. The molecule has 2 aromatic rings. The van der Waals surface area contributed by atoms with Crippen LogP contribution in [0.3, 0.4) is 0 Å². The fourth-order valence-corrected chi connectivity index (χ4v) is 9.42. The molecule has 0 radical (unpaired) electrons. The third-order valence-electron chi connectivity index (χ3n) is 11.0. The zero-order valence-electron chi connectivity index (χ0n) is 27.1. The van der Waals surface area contributed by atoms with Crippen LogP contribution in [-0.2, 0) is 26.6 Å². The second kappa shape index (κ2) is 13.2. The molecule has 1 amide bonds. The summed E-state index contributed by atoms with van der Waals surface area (Å²) in [7, 11) is -4.13. The summed E-state index contributed by atoms with van der Waals surface area (Å²) in [5, 5.41) is 10.4. The first-order valence-electron chi connectivity index (χ1n) is 16.5. The van der Waals surface area contributed by atoms with Crippen LogP contribution in [0.5, 0.6) is 5.75 Å². The number of carbonyl (C=O) groups excluding carboxylic acids is 1. The lowest BCUT2D eigenvalue weighted by atomic mass is 9.64. The zero-order chi connectivity index (χ0) is 34.5. The van der Waals surface area contributed by atoms with E-state index in [1.54, 1.807) is 31.2 Å². The highest BCUT2D eigenvalue weighted by Crippen LogP contribution is 2.49. The van der Waals surface area contributed by atoms with Crippen LogP contribution in [-0.4, -0.2) is 69.4 Å². The monoisotopic (exact) mass is 710 g/mol. The predicted molar refractivity (Wildman–Crippen MR) is 177 cm³/mol. The molecule has 13 heteroatoms. The summed E-state index contributed by atoms with van der Waals surface area (Å²) in [4.78, 5) is 15.6. The number of rotatable bonds is 3. The van der Waals surface area contributed by atoms with Crippen LogP contribution in [0.4, 0.5) is 18.9 Å². The minimum absolute atomic E-state index is 0.146. The van der Waals surface area contributed by atoms with Gasteiger partial charge in [-0.25, -0.2) is 13.1 Å². The van der Waals surface area contributed by atoms with Gasteiger partial charge in [0.15, 0.2) is 0 Å². The quantitative estimate of drug-likeness (QED) is 0.366. The van der Waals surface area contributed by atoms with Gasteiger partial charge >= 0.3 is 6.18 Å². The number of allylic oxidation sites excluding steroid dienone is 1. The van der Waals surface area contributed by atoms with Gasteiger partial charge in [-0.3, -0.25) is 4.79 Å². The molecule has 2 bridgehead atoms. The molecule has 2 aromatic carbocycles. The molecular formula is C35H42ClF3N2O6S. The molecule has 0 aromatic heterocycles. The number of benzene rings is 2. The van der Waals surface area contributed by atoms with E-state index in [2.05, 4.69) is 9.62 Å². The Morgan fingerprint density at radius 1 is 1.17 bits per heavy atom. The van der Waals surface area contributed by atoms with Gasteiger partial charge in [-0.05, 0) is 105 Å². The standard InChI is InChI=1S/C35H42ClF3N2O6S/c1-22-5-3-14-34(19-42,47-21-35(37,38)39)29-10-7-26(29)17-41-18-33(13-4-6-24-15-27(36)9-11-28(24)33)20-46-31-12-8-25(16-30(31)41)32(43)40-48(44,45)23(22)2/h3,8-9,11-12,14-16,22-23,26,29,42H,4-7,10,13,17-21H2,1-2H3,(H,40,43)/b14-3-/t22-,23+,26-,29+,33-,34-/m0/s1. The zero-order valence-corrected chi connectivity index (χ0v) is 28.6. The number of amides is 1. The first-order valence-corrected chi connectivity index (χ1v) is 18.4. The van der Waals surface area contributed by atoms with E-state index in [0.29, 0.717) is 49.0 Å². The first-order chi connectivity index (χ1) is 22.7. The average molecular weight is 711 g/mol. The van der Waals surface area contributed by atoms with Crippen molar-refractivity contribution in [3.8, 4) is 5.75 Å². The first kappa shape index (κ1) is 35.0. The van der Waals surface area contributed by atoms with E-state index >= 15 is 0 Å². The summed E-state index contributed by atoms with van der Waals surface area (Å²) in [5.74, 6) is -1.34. The largest absolute Gasteiger partial charge is 0.490 e. The van der Waals surface area contributed by atoms with Crippen molar-refractivity contribution in [3.63, 3.8) is 0 Å². The summed E-state index contributed by atoms with van der Waals surface area (Å²) in [5.41, 5.74) is 0.931. The maximum Gasteiger partial charge on any atom is 0.411 e. The molecule has 1 fully saturated rings. The average Bonchev–Trinajstić information content (AvgIpc) is 3.17. The van der Waals surface area contributed by atoms with Crippen molar-refractivity contribution in [2.45, 2.75) is 74.8 Å². The minimum Gasteiger partial charge on any atom is -0.490 e. The molecule has 1 spiro atoms. The number of fused-ring (bicyclic) bond motifs is 4. The van der Waals surface area contributed by atoms with E-state index in [4.69, 9.17) is 21.1 Å². The van der Waals surface area contributed by atoms with E-state index in [1.807, 2.05) is 18.2 Å². The number of carbonyl (C=O) groups is 1. The number of nitrogens with zero attached hydrogens (tertiary/aromatic N) is 1. The second-order valence-electron chi connectivity index (χ2n) is 14.0. The van der Waals surface area contributed by atoms with E-state index in [-0.39, 0.29) is 17.9 Å². The molecule has 48 heavy (non-hydrogen) atoms. The molecule has 2 aliphatic carbocycles. The van der Waals surface area contributed by atoms with Crippen molar-refractivity contribution in [2.75, 3.05) is 37.8 Å². The van der Waals surface area contributed by atoms with Crippen molar-refractivity contribution in [3.05, 3.63) is 70.3 Å². The van der Waals surface area contributed by atoms with Crippen LogP contribution in [0.1, 0.15) is 67.4 Å². The van der Waals surface area contributed by atoms with Crippen LogP contribution in [0.15, 0.2) is 48.6 Å². The molecular weight excluding hydrogens is 669 g/mol. The molecule has 2 heterocycles. The number of ether oxygens (including phenoxy) is 2. The Hall–Kier alpha value is -2.80. The van der Waals surface area contributed by atoms with Gasteiger partial charge < -0.3 is 19.5 Å². The molecule has 2 N–H and O–H groups in total. The van der Waals surface area contributed by atoms with Gasteiger partial charge in [0.2, 0.25) is 10.0 Å². The Bertz CT molecular complexity index is 1690. The lowest BCUT2D eigenvalue weighted by molar-refractivity contribution is -0.221. The Morgan fingerprint density at radius 3 is 2.67 bits per heavy atom. The van der Waals surface area contributed by atoms with E-state index in [9.17, 15) is 31.5 Å². The Kier molecular flexibility index (Phi) is 9.60. The summed E-state index contributed by atoms with van der Waals surface area (Å²) >= 11 is 6.38. The van der Waals surface area contributed by atoms with Crippen molar-refractivity contribution in [2.24, 2.45) is 17.8 Å². The molecule has 0 unspecified atom stereocenters. The minimum atomic E-state index is -4.61. The van der Waals surface area contributed by atoms with Crippen molar-refractivity contribution in [1.82, 2.24) is 4.72 Å². The fourth-order valence-electron chi connectivity index (χ4n) is 7.94. The summed E-state index contributed by atoms with van der Waals surface area (Å²) in [6.45, 7) is 2.22. The summed E-state index contributed by atoms with van der Waals surface area (Å²) in [6, 6.07) is 10.7. The number of hydrogen-bond donors (Lipinski definition) is 2. The van der Waals surface area contributed by atoms with Gasteiger partial charge in [-0.15, -0.1) is 0 Å². The lowest BCUT2D eigenvalue weighted by Crippen LogP contribution is -2.55. The predicted octanol–water partition coefficient (Wildman–Crippen LogP) is 6.19. The maximum absolute atomic E-state index is 13.5. The molecule has 6 atom stereocenters. The van der Waals surface area contributed by atoms with Crippen molar-refractivity contribution in [1.29, 1.82) is 0 Å². The van der Waals surface area contributed by atoms with Gasteiger partial charge in [-0.2, -0.15) is 13.2 Å². The SMILES string of the molecule is C[C@@H]1[C@@H](C)C/C=C\[C@@](CO)(OCC(F)(F)F)[C@@H]2CC[C@H]2CN2C[C@@]3(CCCc4cc(Cl)ccc43)COc3ccc(cc32)C(=O)NS1(=O)=O. The van der Waals surface area contributed by atoms with Crippen molar-refractivity contribution < 1.29 is 41.0 Å². The van der Waals surface area contributed by atoms with Crippen LogP contribution in [0.25, 0.3) is 0 Å². The second-order valence-corrected chi connectivity index (χ2v) is 16.5. The van der Waals surface area contributed by atoms with Gasteiger partial charge in [0, 0.05) is 29.1 Å². The van der Waals surface area contributed by atoms with Gasteiger partial charge in [-0.1, -0.05) is 36.7 Å². The highest BCUT2D eigenvalue weighted by Gasteiger charge is 2.50. The molecule has 0 saturated heterocycles. The Morgan fingerprint density at radius 2 is 1.96 bits per heavy atom. The van der Waals surface area contributed by atoms with E-state index < -0.39 is 63.4 Å². The highest BCUT2D eigenvalue weighted by atomic mass is 35.5. The topological polar surface area (TPSA) is 105 Å². The number of aryl methyl sites for hydroxylation is 1. The van der Waals surface area contributed by atoms with Crippen LogP contribution in [0.2, 0.25) is 5.02 Å². The number of aliphatic hydroxyl groups excluding tert-OH is 1. The third kappa shape index (κ3) is 6.82. The maximum atomic E-state index is 13.5. The fraction of sp³-hybridized carbons (Fsp3) is 0.571. The van der Waals surface area contributed by atoms with Gasteiger partial charge in [0.1, 0.15) is 18.0 Å². The summed E-state index contributed by atoms with van der Waals surface area (Å²) in [6.07, 6.45) is 2.50. The third-order valence-corrected chi connectivity index (χ3v) is 13.1. The number of alkyl halides is 3. The number of sulfonamides is 1. The number of nitrogens with one attached hydrogen (secondary N) is 1. The molecule has 4 aliphatic rings. The van der Waals surface area contributed by atoms with Crippen LogP contribution in [0, 0.1) is 17.8 Å². The Balaban J connectivity index is 1.46. The number of aliphatic hydroxyl groups is 1. The van der Waals surface area contributed by atoms with Crippen LogP contribution < -0.4 is 14.4 Å². The molecule has 1 saturated carbocycles. The molecule has 6 rings (SSSR count). The van der Waals surface area contributed by atoms with Gasteiger partial charge in [0.25, 0.3) is 5.91 Å². The highest BCUT2D eigenvalue weighted by molar-refractivity contribution is 7.90. The number of hydrogen-bond acceptors (Lipinski definition) is 7.